The lowest BCUT2D eigenvalue weighted by Crippen LogP contribution is -2.29. The fraction of sp³-hybridized carbons (Fsp3) is 0.200. The molecule has 7 nitrogen and oxygen atoms in total. The van der Waals surface area contributed by atoms with Crippen LogP contribution in [0.5, 0.6) is 0 Å². The van der Waals surface area contributed by atoms with Gasteiger partial charge in [0.25, 0.3) is 11.6 Å². The van der Waals surface area contributed by atoms with Crippen molar-refractivity contribution in [1.82, 2.24) is 0 Å². The smallest absolute Gasteiger partial charge is 0.331 e. The van der Waals surface area contributed by atoms with E-state index in [0.29, 0.717) is 11.3 Å². The van der Waals surface area contributed by atoms with Gasteiger partial charge in [-0.1, -0.05) is 31.2 Å². The first-order valence-corrected chi connectivity index (χ1v) is 8.42. The van der Waals surface area contributed by atoms with Crippen molar-refractivity contribution in [2.75, 3.05) is 5.32 Å². The topological polar surface area (TPSA) is 98.5 Å². The lowest BCUT2D eigenvalue weighted by molar-refractivity contribution is -0.384. The van der Waals surface area contributed by atoms with Gasteiger partial charge < -0.3 is 10.1 Å². The van der Waals surface area contributed by atoms with Crippen molar-refractivity contribution in [2.24, 2.45) is 0 Å². The van der Waals surface area contributed by atoms with Gasteiger partial charge in [0.2, 0.25) is 0 Å². The normalized spacial score (nSPS) is 11.8. The maximum absolute atomic E-state index is 12.1. The third kappa shape index (κ3) is 6.07. The Hall–Kier alpha value is -3.48. The van der Waals surface area contributed by atoms with Crippen LogP contribution < -0.4 is 5.32 Å². The number of hydrogen-bond acceptors (Lipinski definition) is 5. The van der Waals surface area contributed by atoms with Crippen molar-refractivity contribution in [3.63, 3.8) is 0 Å². The molecular formula is C20H20N2O5. The number of nitrogens with one attached hydrogen (secondary N) is 1. The van der Waals surface area contributed by atoms with Gasteiger partial charge >= 0.3 is 5.97 Å². The van der Waals surface area contributed by atoms with Crippen LogP contribution in [0.4, 0.5) is 11.4 Å². The monoisotopic (exact) mass is 368 g/mol. The number of carbonyl (C=O) groups is 2. The number of rotatable bonds is 7. The number of nitro groups is 1. The predicted molar refractivity (Wildman–Crippen MR) is 102 cm³/mol. The molecule has 0 radical (unpaired) electrons. The molecule has 0 unspecified atom stereocenters. The van der Waals surface area contributed by atoms with Gasteiger partial charge in [-0.25, -0.2) is 4.79 Å². The first-order chi connectivity index (χ1) is 12.9. The van der Waals surface area contributed by atoms with Crippen molar-refractivity contribution in [3.8, 4) is 0 Å². The fourth-order valence-corrected chi connectivity index (χ4v) is 2.24. The molecule has 7 heteroatoms. The summed E-state index contributed by atoms with van der Waals surface area (Å²) < 4.78 is 5.06. The Labute approximate surface area is 156 Å². The maximum atomic E-state index is 12.1. The highest BCUT2D eigenvalue weighted by Gasteiger charge is 2.16. The molecule has 2 aromatic rings. The predicted octanol–water partition coefficient (Wildman–Crippen LogP) is 3.74. The summed E-state index contributed by atoms with van der Waals surface area (Å²) >= 11 is 0. The number of ether oxygens (including phenoxy) is 1. The second-order valence-electron chi connectivity index (χ2n) is 5.80. The van der Waals surface area contributed by atoms with E-state index in [1.165, 1.54) is 31.2 Å². The summed E-state index contributed by atoms with van der Waals surface area (Å²) in [6.45, 7) is 3.51. The zero-order valence-electron chi connectivity index (χ0n) is 15.0. The number of nitro benzene ring substituents is 1. The molecule has 0 saturated carbocycles. The second-order valence-corrected chi connectivity index (χ2v) is 5.80. The molecule has 0 aliphatic rings. The quantitative estimate of drug-likeness (QED) is 0.347. The van der Waals surface area contributed by atoms with E-state index in [1.54, 1.807) is 18.2 Å². The van der Waals surface area contributed by atoms with E-state index in [4.69, 9.17) is 4.74 Å². The van der Waals surface area contributed by atoms with Gasteiger partial charge in [-0.3, -0.25) is 14.9 Å². The first kappa shape index (κ1) is 19.8. The average molecular weight is 368 g/mol. The Kier molecular flexibility index (Phi) is 6.82. The Morgan fingerprint density at radius 3 is 2.56 bits per heavy atom. The van der Waals surface area contributed by atoms with E-state index in [1.807, 2.05) is 19.1 Å². The summed E-state index contributed by atoms with van der Waals surface area (Å²) in [6, 6.07) is 13.2. The molecule has 0 bridgehead atoms. The number of benzene rings is 2. The molecular weight excluding hydrogens is 348 g/mol. The van der Waals surface area contributed by atoms with Gasteiger partial charge in [0.15, 0.2) is 6.10 Å². The largest absolute Gasteiger partial charge is 0.449 e. The third-order valence-electron chi connectivity index (χ3n) is 3.78. The summed E-state index contributed by atoms with van der Waals surface area (Å²) in [7, 11) is 0. The Bertz CT molecular complexity index is 859. The van der Waals surface area contributed by atoms with Crippen LogP contribution in [0.2, 0.25) is 0 Å². The summed E-state index contributed by atoms with van der Waals surface area (Å²) in [5.74, 6) is -1.16. The minimum absolute atomic E-state index is 0.0765. The van der Waals surface area contributed by atoms with Gasteiger partial charge in [-0.05, 0) is 42.7 Å². The molecule has 1 atom stereocenters. The number of nitrogens with zero attached hydrogens (tertiary/aromatic N) is 1. The highest BCUT2D eigenvalue weighted by atomic mass is 16.6. The van der Waals surface area contributed by atoms with E-state index in [2.05, 4.69) is 5.32 Å². The summed E-state index contributed by atoms with van der Waals surface area (Å²) in [6.07, 6.45) is 2.43. The van der Waals surface area contributed by atoms with Crippen molar-refractivity contribution in [3.05, 3.63) is 75.8 Å². The summed E-state index contributed by atoms with van der Waals surface area (Å²) in [5.41, 5.74) is 2.17. The molecule has 2 rings (SSSR count). The number of amides is 1. The van der Waals surface area contributed by atoms with Gasteiger partial charge in [-0.2, -0.15) is 0 Å². The zero-order valence-corrected chi connectivity index (χ0v) is 15.0. The standard InChI is InChI=1S/C20H20N2O5/c1-3-15-7-10-17(11-8-15)21-20(24)14(2)27-19(23)12-9-16-5-4-6-18(13-16)22(25)26/h4-14H,3H2,1-2H3,(H,21,24)/b12-9+/t14-/m0/s1. The molecule has 0 aliphatic heterocycles. The molecule has 2 aromatic carbocycles. The van der Waals surface area contributed by atoms with Crippen LogP contribution in [0.3, 0.4) is 0 Å². The van der Waals surface area contributed by atoms with Crippen molar-refractivity contribution >= 4 is 29.3 Å². The Morgan fingerprint density at radius 2 is 1.93 bits per heavy atom. The van der Waals surface area contributed by atoms with Gasteiger partial charge in [0.1, 0.15) is 0 Å². The minimum Gasteiger partial charge on any atom is -0.449 e. The van der Waals surface area contributed by atoms with Crippen LogP contribution in [-0.2, 0) is 20.7 Å². The molecule has 1 amide bonds. The Balaban J connectivity index is 1.91. The van der Waals surface area contributed by atoms with Gasteiger partial charge in [0, 0.05) is 23.9 Å². The molecule has 27 heavy (non-hydrogen) atoms. The molecule has 0 fully saturated rings. The maximum Gasteiger partial charge on any atom is 0.331 e. The van der Waals surface area contributed by atoms with Gasteiger partial charge in [0.05, 0.1) is 4.92 Å². The molecule has 0 spiro atoms. The van der Waals surface area contributed by atoms with Crippen molar-refractivity contribution < 1.29 is 19.2 Å². The Morgan fingerprint density at radius 1 is 1.22 bits per heavy atom. The molecule has 140 valence electrons. The van der Waals surface area contributed by atoms with E-state index >= 15 is 0 Å². The molecule has 0 aromatic heterocycles. The first-order valence-electron chi connectivity index (χ1n) is 8.42. The zero-order chi connectivity index (χ0) is 19.8. The number of hydrogen-bond donors (Lipinski definition) is 1. The summed E-state index contributed by atoms with van der Waals surface area (Å²) in [5, 5.41) is 13.4. The second kappa shape index (κ2) is 9.28. The van der Waals surface area contributed by atoms with E-state index in [0.717, 1.165) is 18.1 Å². The molecule has 0 heterocycles. The average Bonchev–Trinajstić information content (AvgIpc) is 2.67. The number of esters is 1. The van der Waals surface area contributed by atoms with Gasteiger partial charge in [-0.15, -0.1) is 0 Å². The molecule has 0 saturated heterocycles. The third-order valence-corrected chi connectivity index (χ3v) is 3.78. The molecule has 1 N–H and O–H groups in total. The number of aryl methyl sites for hydroxylation is 1. The van der Waals surface area contributed by atoms with E-state index in [9.17, 15) is 19.7 Å². The van der Waals surface area contributed by atoms with Crippen LogP contribution in [-0.4, -0.2) is 22.9 Å². The minimum atomic E-state index is -0.988. The number of non-ortho nitro benzene ring substituents is 1. The lowest BCUT2D eigenvalue weighted by Gasteiger charge is -2.12. The van der Waals surface area contributed by atoms with Crippen molar-refractivity contribution in [1.29, 1.82) is 0 Å². The number of anilines is 1. The summed E-state index contributed by atoms with van der Waals surface area (Å²) in [4.78, 5) is 34.2. The van der Waals surface area contributed by atoms with E-state index in [-0.39, 0.29) is 5.69 Å². The van der Waals surface area contributed by atoms with Crippen LogP contribution in [0.1, 0.15) is 25.0 Å². The highest BCUT2D eigenvalue weighted by molar-refractivity contribution is 5.96. The van der Waals surface area contributed by atoms with Crippen molar-refractivity contribution in [2.45, 2.75) is 26.4 Å². The van der Waals surface area contributed by atoms with Crippen LogP contribution in [0.25, 0.3) is 6.08 Å². The fourth-order valence-electron chi connectivity index (χ4n) is 2.24. The SMILES string of the molecule is CCc1ccc(NC(=O)[C@H](C)OC(=O)/C=C/c2cccc([N+](=O)[O-])c2)cc1. The number of carbonyl (C=O) groups excluding carboxylic acids is 2. The van der Waals surface area contributed by atoms with Crippen LogP contribution in [0.15, 0.2) is 54.6 Å². The van der Waals surface area contributed by atoms with E-state index < -0.39 is 22.9 Å². The molecule has 0 aliphatic carbocycles. The lowest BCUT2D eigenvalue weighted by atomic mass is 10.1. The van der Waals surface area contributed by atoms with Crippen LogP contribution >= 0.6 is 0 Å². The highest BCUT2D eigenvalue weighted by Crippen LogP contribution is 2.14. The van der Waals surface area contributed by atoms with Crippen LogP contribution in [0, 0.1) is 10.1 Å².